The summed E-state index contributed by atoms with van der Waals surface area (Å²) in [4.78, 5) is 56.6. The van der Waals surface area contributed by atoms with Gasteiger partial charge in [-0.25, -0.2) is 9.97 Å². The van der Waals surface area contributed by atoms with Gasteiger partial charge in [0, 0.05) is 67.2 Å². The van der Waals surface area contributed by atoms with Crippen molar-refractivity contribution in [3.8, 4) is 11.3 Å². The second-order valence-corrected chi connectivity index (χ2v) is 16.0. The molecule has 4 aromatic rings. The highest BCUT2D eigenvalue weighted by Crippen LogP contribution is 2.52. The van der Waals surface area contributed by atoms with Gasteiger partial charge in [-0.3, -0.25) is 14.4 Å². The van der Waals surface area contributed by atoms with E-state index >= 15 is 0 Å². The topological polar surface area (TPSA) is 136 Å². The quantitative estimate of drug-likeness (QED) is 0.200. The summed E-state index contributed by atoms with van der Waals surface area (Å²) in [6.07, 6.45) is 8.84. The van der Waals surface area contributed by atoms with Gasteiger partial charge in [0.05, 0.1) is 29.6 Å². The van der Waals surface area contributed by atoms with Crippen molar-refractivity contribution in [1.29, 1.82) is 0 Å². The largest absolute Gasteiger partial charge is 0.395 e. The van der Waals surface area contributed by atoms with Crippen LogP contribution in [0.5, 0.6) is 0 Å². The molecular formula is C42H52N8O4. The van der Waals surface area contributed by atoms with E-state index in [4.69, 9.17) is 9.97 Å². The number of nitrogens with one attached hydrogen (secondary N) is 2. The van der Waals surface area contributed by atoms with E-state index in [2.05, 4.69) is 57.0 Å². The molecule has 0 unspecified atom stereocenters. The Morgan fingerprint density at radius 2 is 1.74 bits per heavy atom. The molecule has 284 valence electrons. The maximum atomic E-state index is 14.8. The Labute approximate surface area is 316 Å². The zero-order valence-electron chi connectivity index (χ0n) is 31.9. The number of nitrogens with zero attached hydrogens (tertiary/aromatic N) is 6. The van der Waals surface area contributed by atoms with E-state index in [1.807, 2.05) is 42.4 Å². The van der Waals surface area contributed by atoms with Crippen molar-refractivity contribution < 1.29 is 19.5 Å². The summed E-state index contributed by atoms with van der Waals surface area (Å²) in [5.74, 6) is 0.604. The first-order valence-corrected chi connectivity index (χ1v) is 19.7. The minimum atomic E-state index is -0.636. The van der Waals surface area contributed by atoms with Gasteiger partial charge in [-0.15, -0.1) is 0 Å². The number of imidazole rings is 1. The number of fused-ring (bicyclic) bond motifs is 3. The predicted molar refractivity (Wildman–Crippen MR) is 210 cm³/mol. The lowest BCUT2D eigenvalue weighted by atomic mass is 9.73. The average molecular weight is 733 g/mol. The van der Waals surface area contributed by atoms with Gasteiger partial charge >= 0.3 is 0 Å². The van der Waals surface area contributed by atoms with Crippen LogP contribution in [0.1, 0.15) is 93.2 Å². The fraction of sp³-hybridized carbons (Fsp3) is 0.500. The zero-order chi connectivity index (χ0) is 37.7. The molecule has 54 heavy (non-hydrogen) atoms. The summed E-state index contributed by atoms with van der Waals surface area (Å²) in [6, 6.07) is 14.8. The number of aromatic nitrogens is 3. The number of amides is 3. The number of benzene rings is 2. The van der Waals surface area contributed by atoms with Crippen molar-refractivity contribution in [2.75, 3.05) is 49.5 Å². The second-order valence-electron chi connectivity index (χ2n) is 16.0. The maximum Gasteiger partial charge on any atom is 0.251 e. The molecule has 8 rings (SSSR count). The van der Waals surface area contributed by atoms with E-state index in [-0.39, 0.29) is 43.0 Å². The molecule has 3 N–H and O–H groups in total. The molecule has 0 atom stereocenters. The number of aliphatic hydroxyl groups excluding tert-OH is 1. The number of hydrogen-bond donors (Lipinski definition) is 3. The van der Waals surface area contributed by atoms with Crippen LogP contribution in [0.4, 0.5) is 17.2 Å². The summed E-state index contributed by atoms with van der Waals surface area (Å²) in [7, 11) is 0. The number of aryl methyl sites for hydroxylation is 1. The van der Waals surface area contributed by atoms with E-state index in [1.165, 1.54) is 19.3 Å². The highest BCUT2D eigenvalue weighted by atomic mass is 16.3. The summed E-state index contributed by atoms with van der Waals surface area (Å²) in [5, 5.41) is 15.5. The Bertz CT molecular complexity index is 2090. The Morgan fingerprint density at radius 3 is 2.44 bits per heavy atom. The third kappa shape index (κ3) is 6.32. The lowest BCUT2D eigenvalue weighted by Gasteiger charge is -2.48. The minimum Gasteiger partial charge on any atom is -0.395 e. The van der Waals surface area contributed by atoms with E-state index in [0.29, 0.717) is 49.0 Å². The van der Waals surface area contributed by atoms with Crippen LogP contribution in [0.2, 0.25) is 0 Å². The van der Waals surface area contributed by atoms with Gasteiger partial charge in [0.1, 0.15) is 5.52 Å². The molecular weight excluding hydrogens is 681 g/mol. The molecule has 1 aliphatic carbocycles. The second kappa shape index (κ2) is 14.4. The molecule has 12 nitrogen and oxygen atoms in total. The number of rotatable bonds is 9. The first kappa shape index (κ1) is 36.2. The average Bonchev–Trinajstić information content (AvgIpc) is 3.69. The van der Waals surface area contributed by atoms with Gasteiger partial charge in [-0.2, -0.15) is 0 Å². The van der Waals surface area contributed by atoms with Crippen LogP contribution in [0.15, 0.2) is 48.8 Å². The molecule has 1 spiro atoms. The van der Waals surface area contributed by atoms with E-state index < -0.39 is 5.41 Å². The number of anilines is 3. The van der Waals surface area contributed by atoms with Gasteiger partial charge < -0.3 is 35.0 Å². The van der Waals surface area contributed by atoms with Crippen LogP contribution in [0.3, 0.4) is 0 Å². The normalized spacial score (nSPS) is 21.1. The number of carbonyl (C=O) groups is 3. The summed E-state index contributed by atoms with van der Waals surface area (Å²) >= 11 is 0. The number of piperidine rings is 2. The molecule has 3 amide bonds. The fourth-order valence-corrected chi connectivity index (χ4v) is 9.18. The standard InChI is InChI=1S/C42H52N8O4/c1-26(2)49-25-44-36-24-35(46-39(38(36)49)45-30-10-8-27(3)33(21-30)40(53)43-14-19-51)29-9-11-34-37(20-29)50(32-22-31(23-32)48-15-6-5-7-16-48)41(54)42(34)12-17-47(18-13-42)28(4)52/h8-11,20-21,24-26,31-32,51H,5-7,12-19,22-23H2,1-4H3,(H,43,53)(H,45,46)/t31-,32+. The maximum absolute atomic E-state index is 14.8. The molecule has 0 bridgehead atoms. The van der Waals surface area contributed by atoms with Gasteiger partial charge in [0.15, 0.2) is 5.82 Å². The third-order valence-electron chi connectivity index (χ3n) is 12.4. The van der Waals surface area contributed by atoms with Crippen molar-refractivity contribution in [2.45, 2.75) is 96.2 Å². The van der Waals surface area contributed by atoms with Crippen LogP contribution >= 0.6 is 0 Å². The molecule has 2 aromatic heterocycles. The van der Waals surface area contributed by atoms with Crippen LogP contribution < -0.4 is 15.5 Å². The Balaban J connectivity index is 1.17. The van der Waals surface area contributed by atoms with Gasteiger partial charge in [-0.05, 0) is 108 Å². The van der Waals surface area contributed by atoms with Crippen LogP contribution in [-0.4, -0.2) is 98.6 Å². The lowest BCUT2D eigenvalue weighted by molar-refractivity contribution is -0.134. The number of hydrogen-bond acceptors (Lipinski definition) is 8. The van der Waals surface area contributed by atoms with Crippen molar-refractivity contribution in [3.05, 3.63) is 65.5 Å². The molecule has 4 aliphatic rings. The number of pyridine rings is 1. The van der Waals surface area contributed by atoms with Crippen molar-refractivity contribution in [1.82, 2.24) is 29.7 Å². The number of aliphatic hydroxyl groups is 1. The van der Waals surface area contributed by atoms with Crippen LogP contribution in [-0.2, 0) is 15.0 Å². The molecule has 2 aromatic carbocycles. The molecule has 3 aliphatic heterocycles. The van der Waals surface area contributed by atoms with Crippen molar-refractivity contribution >= 4 is 45.9 Å². The van der Waals surface area contributed by atoms with E-state index in [1.54, 1.807) is 6.92 Å². The van der Waals surface area contributed by atoms with E-state index in [0.717, 1.165) is 65.0 Å². The summed E-state index contributed by atoms with van der Waals surface area (Å²) in [5.41, 5.74) is 6.71. The highest BCUT2D eigenvalue weighted by Gasteiger charge is 2.55. The van der Waals surface area contributed by atoms with Gasteiger partial charge in [0.25, 0.3) is 5.91 Å². The van der Waals surface area contributed by atoms with Crippen molar-refractivity contribution in [3.63, 3.8) is 0 Å². The van der Waals surface area contributed by atoms with Gasteiger partial charge in [-0.1, -0.05) is 24.6 Å². The Hall–Kier alpha value is -4.81. The van der Waals surface area contributed by atoms with Crippen molar-refractivity contribution in [2.24, 2.45) is 0 Å². The molecule has 12 heteroatoms. The van der Waals surface area contributed by atoms with Crippen LogP contribution in [0, 0.1) is 6.92 Å². The van der Waals surface area contributed by atoms with E-state index in [9.17, 15) is 19.5 Å². The fourth-order valence-electron chi connectivity index (χ4n) is 9.18. The minimum absolute atomic E-state index is 0.0590. The molecule has 2 saturated heterocycles. The number of carbonyl (C=O) groups excluding carboxylic acids is 3. The Morgan fingerprint density at radius 1 is 0.981 bits per heavy atom. The zero-order valence-corrected chi connectivity index (χ0v) is 31.9. The number of likely N-dealkylation sites (tertiary alicyclic amines) is 2. The molecule has 0 radical (unpaired) electrons. The monoisotopic (exact) mass is 732 g/mol. The Kier molecular flexibility index (Phi) is 9.68. The smallest absolute Gasteiger partial charge is 0.251 e. The first-order valence-electron chi connectivity index (χ1n) is 19.7. The summed E-state index contributed by atoms with van der Waals surface area (Å²) in [6.45, 7) is 11.2. The molecule has 3 fully saturated rings. The van der Waals surface area contributed by atoms with Gasteiger partial charge in [0.2, 0.25) is 11.8 Å². The lowest BCUT2D eigenvalue weighted by Crippen LogP contribution is -2.58. The molecule has 5 heterocycles. The third-order valence-corrected chi connectivity index (χ3v) is 12.4. The van der Waals surface area contributed by atoms with Crippen LogP contribution in [0.25, 0.3) is 22.3 Å². The summed E-state index contributed by atoms with van der Waals surface area (Å²) < 4.78 is 2.09. The highest BCUT2D eigenvalue weighted by molar-refractivity contribution is 6.09. The SMILES string of the molecule is CC(=O)N1CCC2(CC1)C(=O)N([C@H]1C[C@@H](N3CCCCC3)C1)c1cc(-c3cc4ncn(C(C)C)c4c(Nc4ccc(C)c(C(=O)NCCO)c4)n3)ccc12. The predicted octanol–water partition coefficient (Wildman–Crippen LogP) is 5.70. The molecule has 1 saturated carbocycles. The first-order chi connectivity index (χ1) is 26.1.